The zero-order chi connectivity index (χ0) is 24.3. The van der Waals surface area contributed by atoms with Gasteiger partial charge in [0.2, 0.25) is 12.7 Å². The van der Waals surface area contributed by atoms with Gasteiger partial charge < -0.3 is 29.9 Å². The van der Waals surface area contributed by atoms with E-state index in [1.54, 1.807) is 23.1 Å². The molecule has 0 radical (unpaired) electrons. The molecule has 9 heteroatoms. The molecule has 9 nitrogen and oxygen atoms in total. The van der Waals surface area contributed by atoms with Gasteiger partial charge in [0.15, 0.2) is 11.5 Å². The van der Waals surface area contributed by atoms with Crippen molar-refractivity contribution in [1.29, 1.82) is 0 Å². The summed E-state index contributed by atoms with van der Waals surface area (Å²) in [6.45, 7) is 8.55. The second kappa shape index (κ2) is 10.1. The zero-order valence-corrected chi connectivity index (χ0v) is 20.4. The molecule has 4 rings (SSSR count). The van der Waals surface area contributed by atoms with Crippen LogP contribution in [0.4, 0.5) is 4.79 Å². The summed E-state index contributed by atoms with van der Waals surface area (Å²) in [6, 6.07) is 4.34. The Morgan fingerprint density at radius 3 is 2.29 bits per heavy atom. The number of piperidine rings is 2. The Balaban J connectivity index is 1.45. The van der Waals surface area contributed by atoms with Crippen molar-refractivity contribution in [3.05, 3.63) is 23.8 Å². The second-order valence-electron chi connectivity index (χ2n) is 10.4. The molecule has 3 aliphatic heterocycles. The number of nitrogens with zero attached hydrogens (tertiary/aromatic N) is 2. The fourth-order valence-corrected chi connectivity index (χ4v) is 4.79. The van der Waals surface area contributed by atoms with Gasteiger partial charge in [-0.3, -0.25) is 9.59 Å². The lowest BCUT2D eigenvalue weighted by Gasteiger charge is -2.39. The molecule has 0 aliphatic carbocycles. The van der Waals surface area contributed by atoms with Crippen molar-refractivity contribution in [2.45, 2.75) is 64.5 Å². The minimum Gasteiger partial charge on any atom is -0.454 e. The van der Waals surface area contributed by atoms with Crippen molar-refractivity contribution in [2.24, 2.45) is 5.92 Å². The van der Waals surface area contributed by atoms with Crippen LogP contribution in [0.15, 0.2) is 18.2 Å². The highest BCUT2D eigenvalue weighted by atomic mass is 16.7. The minimum absolute atomic E-state index is 0.0219. The largest absolute Gasteiger partial charge is 0.454 e. The summed E-state index contributed by atoms with van der Waals surface area (Å²) < 4.78 is 10.7. The first-order valence-electron chi connectivity index (χ1n) is 12.3. The van der Waals surface area contributed by atoms with Gasteiger partial charge in [0.25, 0.3) is 5.91 Å². The highest BCUT2D eigenvalue weighted by Crippen LogP contribution is 2.32. The third-order valence-corrected chi connectivity index (χ3v) is 6.64. The van der Waals surface area contributed by atoms with Gasteiger partial charge in [-0.05, 0) is 77.0 Å². The van der Waals surface area contributed by atoms with E-state index < -0.39 is 6.04 Å². The maximum Gasteiger partial charge on any atom is 0.317 e. The van der Waals surface area contributed by atoms with Gasteiger partial charge in [-0.15, -0.1) is 0 Å². The minimum atomic E-state index is -0.621. The summed E-state index contributed by atoms with van der Waals surface area (Å²) in [5.41, 5.74) is 0.127. The Kier molecular flexibility index (Phi) is 7.19. The van der Waals surface area contributed by atoms with Crippen LogP contribution in [0.5, 0.6) is 11.5 Å². The molecule has 0 aromatic heterocycles. The van der Waals surface area contributed by atoms with Crippen LogP contribution in [0.1, 0.15) is 63.2 Å². The Bertz CT molecular complexity index is 914. The van der Waals surface area contributed by atoms with E-state index in [1.165, 1.54) is 0 Å². The molecular weight excluding hydrogens is 436 g/mol. The van der Waals surface area contributed by atoms with Crippen LogP contribution < -0.4 is 20.1 Å². The first-order chi connectivity index (χ1) is 16.2. The second-order valence-corrected chi connectivity index (χ2v) is 10.4. The summed E-state index contributed by atoms with van der Waals surface area (Å²) in [5, 5.41) is 6.03. The number of rotatable bonds is 4. The number of fused-ring (bicyclic) bond motifs is 1. The summed E-state index contributed by atoms with van der Waals surface area (Å²) >= 11 is 0. The first kappa shape index (κ1) is 24.2. The molecule has 3 aliphatic rings. The quantitative estimate of drug-likeness (QED) is 0.702. The van der Waals surface area contributed by atoms with Gasteiger partial charge in [-0.2, -0.15) is 0 Å². The van der Waals surface area contributed by atoms with E-state index >= 15 is 0 Å². The third-order valence-electron chi connectivity index (χ3n) is 6.64. The van der Waals surface area contributed by atoms with Gasteiger partial charge in [0.05, 0.1) is 0 Å². The van der Waals surface area contributed by atoms with E-state index in [1.807, 2.05) is 25.7 Å². The molecule has 2 N–H and O–H groups in total. The number of benzene rings is 1. The van der Waals surface area contributed by atoms with Gasteiger partial charge >= 0.3 is 6.03 Å². The van der Waals surface area contributed by atoms with E-state index in [2.05, 4.69) is 10.6 Å². The number of hydrogen-bond donors (Lipinski definition) is 2. The van der Waals surface area contributed by atoms with Crippen LogP contribution in [0.3, 0.4) is 0 Å². The maximum atomic E-state index is 13.5. The molecule has 1 aromatic rings. The molecule has 2 saturated heterocycles. The smallest absolute Gasteiger partial charge is 0.317 e. The van der Waals surface area contributed by atoms with Crippen LogP contribution >= 0.6 is 0 Å². The number of likely N-dealkylation sites (tertiary alicyclic amines) is 2. The summed E-state index contributed by atoms with van der Waals surface area (Å²) in [5.74, 6) is 0.780. The highest BCUT2D eigenvalue weighted by Gasteiger charge is 2.37. The summed E-state index contributed by atoms with van der Waals surface area (Å²) in [7, 11) is 0. The Morgan fingerprint density at radius 1 is 0.941 bits per heavy atom. The van der Waals surface area contributed by atoms with E-state index in [9.17, 15) is 14.4 Å². The average Bonchev–Trinajstić information content (AvgIpc) is 3.29. The molecule has 0 unspecified atom stereocenters. The number of ether oxygens (including phenoxy) is 2. The van der Waals surface area contributed by atoms with Crippen LogP contribution in [0, 0.1) is 5.92 Å². The van der Waals surface area contributed by atoms with Crippen LogP contribution in [-0.2, 0) is 4.79 Å². The van der Waals surface area contributed by atoms with E-state index in [0.29, 0.717) is 43.0 Å². The number of carbonyl (C=O) groups excluding carboxylic acids is 3. The van der Waals surface area contributed by atoms with Crippen molar-refractivity contribution in [3.8, 4) is 11.5 Å². The van der Waals surface area contributed by atoms with Gasteiger partial charge in [0, 0.05) is 37.3 Å². The van der Waals surface area contributed by atoms with E-state index in [4.69, 9.17) is 9.47 Å². The van der Waals surface area contributed by atoms with E-state index in [-0.39, 0.29) is 36.1 Å². The molecule has 2 fully saturated rings. The van der Waals surface area contributed by atoms with Crippen molar-refractivity contribution < 1.29 is 23.9 Å². The molecule has 1 atom stereocenters. The molecule has 1 aromatic carbocycles. The fraction of sp³-hybridized carbons (Fsp3) is 0.640. The molecule has 0 bridgehead atoms. The van der Waals surface area contributed by atoms with Crippen molar-refractivity contribution in [2.75, 3.05) is 33.0 Å². The predicted molar refractivity (Wildman–Crippen MR) is 127 cm³/mol. The maximum absolute atomic E-state index is 13.5. The Labute approximate surface area is 201 Å². The van der Waals surface area contributed by atoms with Crippen molar-refractivity contribution in [3.63, 3.8) is 0 Å². The molecule has 186 valence electrons. The van der Waals surface area contributed by atoms with Crippen molar-refractivity contribution >= 4 is 17.8 Å². The zero-order valence-electron chi connectivity index (χ0n) is 20.4. The normalized spacial score (nSPS) is 19.5. The van der Waals surface area contributed by atoms with Crippen LogP contribution in [0.2, 0.25) is 0 Å². The Hall–Kier alpha value is -2.97. The molecule has 4 amide bonds. The molecule has 0 saturated carbocycles. The molecule has 0 spiro atoms. The summed E-state index contributed by atoms with van der Waals surface area (Å²) in [4.78, 5) is 42.9. The topological polar surface area (TPSA) is 100 Å². The Morgan fingerprint density at radius 2 is 1.62 bits per heavy atom. The highest BCUT2D eigenvalue weighted by molar-refractivity contribution is 5.98. The standard InChI is InChI=1S/C25H36N4O5/c1-25(2,3)27-24(32)29-13-9-17(10-14-29)21(23(31)28-11-5-4-6-12-28)26-22(30)18-7-8-19-20(15-18)34-16-33-19/h7-8,15,17,21H,4-6,9-14,16H2,1-3H3,(H,26,30)(H,27,32)/t21-/m1/s1. The SMILES string of the molecule is CC(C)(C)NC(=O)N1CCC([C@@H](NC(=O)c2ccc3c(c2)OCO3)C(=O)N2CCCCC2)CC1. The number of hydrogen-bond acceptors (Lipinski definition) is 5. The number of nitrogens with one attached hydrogen (secondary N) is 2. The lowest BCUT2D eigenvalue weighted by atomic mass is 9.87. The first-order valence-corrected chi connectivity index (χ1v) is 12.3. The lowest BCUT2D eigenvalue weighted by Crippen LogP contribution is -2.56. The summed E-state index contributed by atoms with van der Waals surface area (Å²) in [6.07, 6.45) is 4.41. The third kappa shape index (κ3) is 5.74. The van der Waals surface area contributed by atoms with Crippen LogP contribution in [-0.4, -0.2) is 72.2 Å². The number of amides is 4. The molecule has 34 heavy (non-hydrogen) atoms. The average molecular weight is 473 g/mol. The van der Waals surface area contributed by atoms with Crippen LogP contribution in [0.25, 0.3) is 0 Å². The van der Waals surface area contributed by atoms with Gasteiger partial charge in [-0.25, -0.2) is 4.79 Å². The molecule has 3 heterocycles. The number of carbonyl (C=O) groups is 3. The van der Waals surface area contributed by atoms with Crippen molar-refractivity contribution in [1.82, 2.24) is 20.4 Å². The monoisotopic (exact) mass is 472 g/mol. The fourth-order valence-electron chi connectivity index (χ4n) is 4.79. The molecular formula is C25H36N4O5. The lowest BCUT2D eigenvalue weighted by molar-refractivity contribution is -0.136. The van der Waals surface area contributed by atoms with Gasteiger partial charge in [0.1, 0.15) is 6.04 Å². The van der Waals surface area contributed by atoms with E-state index in [0.717, 1.165) is 32.4 Å². The number of urea groups is 1. The predicted octanol–water partition coefficient (Wildman–Crippen LogP) is 2.75. The van der Waals surface area contributed by atoms with Gasteiger partial charge in [-0.1, -0.05) is 0 Å².